The molecule has 0 saturated heterocycles. The lowest BCUT2D eigenvalue weighted by Crippen LogP contribution is -2.41. The van der Waals surface area contributed by atoms with Gasteiger partial charge in [-0.25, -0.2) is 13.4 Å². The Morgan fingerprint density at radius 2 is 1.85 bits per heavy atom. The minimum atomic E-state index is -3.82. The normalized spacial score (nSPS) is 13.3. The molecule has 26 heavy (non-hydrogen) atoms. The lowest BCUT2D eigenvalue weighted by Gasteiger charge is -2.15. The zero-order valence-electron chi connectivity index (χ0n) is 15.4. The molecular weight excluding hydrogens is 374 g/mol. The van der Waals surface area contributed by atoms with E-state index >= 15 is 0 Å². The first kappa shape index (κ1) is 20.3. The molecule has 2 N–H and O–H groups in total. The molecule has 0 radical (unpaired) electrons. The van der Waals surface area contributed by atoms with Crippen LogP contribution in [0.1, 0.15) is 33.4 Å². The summed E-state index contributed by atoms with van der Waals surface area (Å²) in [5.41, 5.74) is 0.741. The Morgan fingerprint density at radius 1 is 1.23 bits per heavy atom. The lowest BCUT2D eigenvalue weighted by molar-refractivity contribution is -0.117. The monoisotopic (exact) mass is 397 g/mol. The predicted molar refractivity (Wildman–Crippen MR) is 102 cm³/mol. The summed E-state index contributed by atoms with van der Waals surface area (Å²) >= 11 is 1.31. The van der Waals surface area contributed by atoms with E-state index in [0.717, 1.165) is 5.69 Å². The van der Waals surface area contributed by atoms with Gasteiger partial charge in [0, 0.05) is 10.8 Å². The molecule has 1 heterocycles. The standard InChI is InChI=1S/C17H23N3O4S2/c1-11(15(21)19-16-18-14(10-25-16)17(2,3)4)20-26(22,23)13-8-6-12(24-5)7-9-13/h6-11,20H,1-5H3,(H,18,19,21)/t11-/m1/s1. The molecule has 2 aromatic rings. The second-order valence-corrected chi connectivity index (χ2v) is 9.37. The number of sulfonamides is 1. The Balaban J connectivity index is 2.04. The van der Waals surface area contributed by atoms with Gasteiger partial charge in [-0.05, 0) is 31.2 Å². The highest BCUT2D eigenvalue weighted by atomic mass is 32.2. The first-order valence-corrected chi connectivity index (χ1v) is 10.3. The molecule has 0 aliphatic carbocycles. The number of aromatic nitrogens is 1. The Labute approximate surface area is 157 Å². The van der Waals surface area contributed by atoms with Gasteiger partial charge in [-0.2, -0.15) is 4.72 Å². The van der Waals surface area contributed by atoms with Crippen molar-refractivity contribution in [2.75, 3.05) is 12.4 Å². The van der Waals surface area contributed by atoms with Crippen LogP contribution in [0.2, 0.25) is 0 Å². The number of anilines is 1. The number of methoxy groups -OCH3 is 1. The van der Waals surface area contributed by atoms with Gasteiger partial charge in [0.1, 0.15) is 5.75 Å². The van der Waals surface area contributed by atoms with E-state index < -0.39 is 22.0 Å². The predicted octanol–water partition coefficient (Wildman–Crippen LogP) is 2.75. The first-order chi connectivity index (χ1) is 12.0. The number of benzene rings is 1. The Bertz CT molecular complexity index is 868. The van der Waals surface area contributed by atoms with Crippen LogP contribution < -0.4 is 14.8 Å². The topological polar surface area (TPSA) is 97.4 Å². The van der Waals surface area contributed by atoms with Crippen molar-refractivity contribution in [3.63, 3.8) is 0 Å². The summed E-state index contributed by atoms with van der Waals surface area (Å²) < 4.78 is 32.2. The molecule has 0 spiro atoms. The second-order valence-electron chi connectivity index (χ2n) is 6.80. The quantitative estimate of drug-likeness (QED) is 0.781. The van der Waals surface area contributed by atoms with Crippen LogP contribution >= 0.6 is 11.3 Å². The van der Waals surface area contributed by atoms with Crippen LogP contribution in [0.15, 0.2) is 34.5 Å². The van der Waals surface area contributed by atoms with E-state index in [4.69, 9.17) is 4.74 Å². The highest BCUT2D eigenvalue weighted by molar-refractivity contribution is 7.89. The molecule has 0 aliphatic heterocycles. The van der Waals surface area contributed by atoms with E-state index in [-0.39, 0.29) is 10.3 Å². The summed E-state index contributed by atoms with van der Waals surface area (Å²) in [6, 6.07) is 4.97. The van der Waals surface area contributed by atoms with Crippen LogP contribution in [-0.4, -0.2) is 32.5 Å². The molecule has 0 saturated carbocycles. The lowest BCUT2D eigenvalue weighted by atomic mass is 9.93. The van der Waals surface area contributed by atoms with Gasteiger partial charge in [0.05, 0.1) is 23.7 Å². The van der Waals surface area contributed by atoms with Crippen molar-refractivity contribution in [3.05, 3.63) is 35.3 Å². The third-order valence-electron chi connectivity index (χ3n) is 3.60. The smallest absolute Gasteiger partial charge is 0.244 e. The fourth-order valence-corrected chi connectivity index (χ4v) is 4.14. The van der Waals surface area contributed by atoms with Crippen molar-refractivity contribution in [2.24, 2.45) is 0 Å². The molecule has 1 amide bonds. The molecule has 0 unspecified atom stereocenters. The molecule has 0 aliphatic rings. The highest BCUT2D eigenvalue weighted by Crippen LogP contribution is 2.26. The zero-order chi connectivity index (χ0) is 19.5. The number of hydrogen-bond acceptors (Lipinski definition) is 6. The maximum Gasteiger partial charge on any atom is 0.244 e. The van der Waals surface area contributed by atoms with E-state index in [1.54, 1.807) is 12.1 Å². The number of nitrogens with zero attached hydrogens (tertiary/aromatic N) is 1. The van der Waals surface area contributed by atoms with E-state index in [9.17, 15) is 13.2 Å². The van der Waals surface area contributed by atoms with Crippen molar-refractivity contribution >= 4 is 32.4 Å². The van der Waals surface area contributed by atoms with Crippen molar-refractivity contribution in [2.45, 2.75) is 44.0 Å². The van der Waals surface area contributed by atoms with Gasteiger partial charge in [0.15, 0.2) is 5.13 Å². The van der Waals surface area contributed by atoms with Crippen LogP contribution in [0.5, 0.6) is 5.75 Å². The molecule has 1 atom stereocenters. The molecule has 2 rings (SSSR count). The Hall–Kier alpha value is -1.97. The van der Waals surface area contributed by atoms with Gasteiger partial charge in [-0.1, -0.05) is 20.8 Å². The second kappa shape index (κ2) is 7.73. The first-order valence-electron chi connectivity index (χ1n) is 7.96. The van der Waals surface area contributed by atoms with Crippen LogP contribution in [0.25, 0.3) is 0 Å². The summed E-state index contributed by atoms with van der Waals surface area (Å²) in [6.45, 7) is 7.56. The van der Waals surface area contributed by atoms with Gasteiger partial charge in [-0.3, -0.25) is 4.79 Å². The Morgan fingerprint density at radius 3 is 2.35 bits per heavy atom. The van der Waals surface area contributed by atoms with Crippen LogP contribution in [0.3, 0.4) is 0 Å². The van der Waals surface area contributed by atoms with Crippen molar-refractivity contribution in [1.82, 2.24) is 9.71 Å². The van der Waals surface area contributed by atoms with Gasteiger partial charge in [0.25, 0.3) is 0 Å². The molecule has 142 valence electrons. The fourth-order valence-electron chi connectivity index (χ4n) is 2.00. The minimum Gasteiger partial charge on any atom is -0.497 e. The number of nitrogens with one attached hydrogen (secondary N) is 2. The van der Waals surface area contributed by atoms with Crippen LogP contribution in [-0.2, 0) is 20.2 Å². The maximum atomic E-state index is 12.4. The SMILES string of the molecule is COc1ccc(S(=O)(=O)N[C@H](C)C(=O)Nc2nc(C(C)(C)C)cs2)cc1. The Kier molecular flexibility index (Phi) is 6.05. The molecule has 1 aromatic carbocycles. The van der Waals surface area contributed by atoms with E-state index in [1.807, 2.05) is 26.2 Å². The van der Waals surface area contributed by atoms with Crippen molar-refractivity contribution < 1.29 is 17.9 Å². The summed E-state index contributed by atoms with van der Waals surface area (Å²) in [5.74, 6) is 0.0741. The van der Waals surface area contributed by atoms with Crippen LogP contribution in [0, 0.1) is 0 Å². The molecule has 0 bridgehead atoms. The molecule has 7 nitrogen and oxygen atoms in total. The summed E-state index contributed by atoms with van der Waals surface area (Å²) in [7, 11) is -2.33. The maximum absolute atomic E-state index is 12.4. The average Bonchev–Trinajstić information content (AvgIpc) is 3.03. The number of rotatable bonds is 6. The third-order valence-corrected chi connectivity index (χ3v) is 5.91. The van der Waals surface area contributed by atoms with Gasteiger partial charge >= 0.3 is 0 Å². The number of hydrogen-bond donors (Lipinski definition) is 2. The molecule has 9 heteroatoms. The fraction of sp³-hybridized carbons (Fsp3) is 0.412. The summed E-state index contributed by atoms with van der Waals surface area (Å²) in [6.07, 6.45) is 0. The average molecular weight is 398 g/mol. The summed E-state index contributed by atoms with van der Waals surface area (Å²) in [4.78, 5) is 16.7. The molecule has 1 aromatic heterocycles. The highest BCUT2D eigenvalue weighted by Gasteiger charge is 2.24. The van der Waals surface area contributed by atoms with Gasteiger partial charge in [-0.15, -0.1) is 11.3 Å². The number of thiazole rings is 1. The molecular formula is C17H23N3O4S2. The summed E-state index contributed by atoms with van der Waals surface area (Å²) in [5, 5.41) is 4.96. The van der Waals surface area contributed by atoms with Crippen molar-refractivity contribution in [3.8, 4) is 5.75 Å². The van der Waals surface area contributed by atoms with E-state index in [0.29, 0.717) is 10.9 Å². The van der Waals surface area contributed by atoms with E-state index in [1.165, 1.54) is 37.5 Å². The zero-order valence-corrected chi connectivity index (χ0v) is 17.0. The van der Waals surface area contributed by atoms with Gasteiger partial charge < -0.3 is 10.1 Å². The number of carbonyl (C=O) groups is 1. The largest absolute Gasteiger partial charge is 0.497 e. The van der Waals surface area contributed by atoms with Crippen LogP contribution in [0.4, 0.5) is 5.13 Å². The number of ether oxygens (including phenoxy) is 1. The van der Waals surface area contributed by atoms with Crippen molar-refractivity contribution in [1.29, 1.82) is 0 Å². The van der Waals surface area contributed by atoms with E-state index in [2.05, 4.69) is 15.0 Å². The number of amides is 1. The minimum absolute atomic E-state index is 0.0576. The third kappa shape index (κ3) is 5.03. The van der Waals surface area contributed by atoms with Gasteiger partial charge in [0.2, 0.25) is 15.9 Å². The number of carbonyl (C=O) groups excluding carboxylic acids is 1. The molecule has 0 fully saturated rings.